The number of imidazole rings is 1. The summed E-state index contributed by atoms with van der Waals surface area (Å²) in [5.41, 5.74) is 2.66. The van der Waals surface area contributed by atoms with Gasteiger partial charge in [0.05, 0.1) is 16.7 Å². The maximum atomic E-state index is 12.7. The van der Waals surface area contributed by atoms with Gasteiger partial charge in [-0.25, -0.2) is 18.1 Å². The number of hydrogen-bond donors (Lipinski definition) is 2. The number of nitrogens with one attached hydrogen (secondary N) is 2. The smallest absolute Gasteiger partial charge is 0.255 e. The minimum Gasteiger partial charge on any atom is -0.377 e. The van der Waals surface area contributed by atoms with Crippen LogP contribution in [0.5, 0.6) is 0 Å². The molecule has 5 rings (SSSR count). The molecule has 2 N–H and O–H groups in total. The Morgan fingerprint density at radius 2 is 2.06 bits per heavy atom. The fraction of sp³-hybridized carbons (Fsp3) is 0.217. The van der Waals surface area contributed by atoms with Gasteiger partial charge in [0.2, 0.25) is 10.0 Å². The molecule has 3 heterocycles. The molecular weight excluding hydrogens is 460 g/mol. The van der Waals surface area contributed by atoms with Crippen LogP contribution in [0.4, 0.5) is 5.69 Å². The molecule has 0 spiro atoms. The summed E-state index contributed by atoms with van der Waals surface area (Å²) in [4.78, 5) is 18.3. The number of ether oxygens (including phenoxy) is 1. The van der Waals surface area contributed by atoms with E-state index in [2.05, 4.69) is 15.0 Å². The van der Waals surface area contributed by atoms with Crippen molar-refractivity contribution in [3.63, 3.8) is 0 Å². The van der Waals surface area contributed by atoms with Crippen LogP contribution in [0.25, 0.3) is 16.2 Å². The van der Waals surface area contributed by atoms with E-state index >= 15 is 0 Å². The zero-order valence-electron chi connectivity index (χ0n) is 17.6. The van der Waals surface area contributed by atoms with E-state index in [4.69, 9.17) is 4.74 Å². The molecule has 1 atom stereocenters. The highest BCUT2D eigenvalue weighted by molar-refractivity contribution is 7.89. The zero-order chi connectivity index (χ0) is 22.8. The summed E-state index contributed by atoms with van der Waals surface area (Å²) in [6.45, 7) is 0.879. The van der Waals surface area contributed by atoms with Gasteiger partial charge in [0.15, 0.2) is 4.96 Å². The quantitative estimate of drug-likeness (QED) is 0.418. The van der Waals surface area contributed by atoms with Crippen molar-refractivity contribution < 1.29 is 17.9 Å². The highest BCUT2D eigenvalue weighted by Gasteiger charge is 2.21. The average Bonchev–Trinajstić information content (AvgIpc) is 3.56. The number of amides is 1. The minimum atomic E-state index is -3.74. The predicted molar refractivity (Wildman–Crippen MR) is 127 cm³/mol. The summed E-state index contributed by atoms with van der Waals surface area (Å²) >= 11 is 1.57. The first kappa shape index (κ1) is 21.8. The van der Waals surface area contributed by atoms with Crippen molar-refractivity contribution in [2.24, 2.45) is 0 Å². The highest BCUT2D eigenvalue weighted by Crippen LogP contribution is 2.23. The third-order valence-electron chi connectivity index (χ3n) is 5.46. The van der Waals surface area contributed by atoms with Crippen molar-refractivity contribution in [3.8, 4) is 11.3 Å². The Hall–Kier alpha value is -3.05. The molecule has 33 heavy (non-hydrogen) atoms. The van der Waals surface area contributed by atoms with Crippen LogP contribution in [0.1, 0.15) is 23.2 Å². The fourth-order valence-electron chi connectivity index (χ4n) is 3.69. The Balaban J connectivity index is 1.26. The van der Waals surface area contributed by atoms with Gasteiger partial charge >= 0.3 is 0 Å². The predicted octanol–water partition coefficient (Wildman–Crippen LogP) is 3.77. The van der Waals surface area contributed by atoms with Crippen LogP contribution in [0.15, 0.2) is 71.2 Å². The van der Waals surface area contributed by atoms with Gasteiger partial charge in [0.1, 0.15) is 0 Å². The van der Waals surface area contributed by atoms with E-state index in [1.54, 1.807) is 35.6 Å². The second-order valence-electron chi connectivity index (χ2n) is 7.77. The van der Waals surface area contributed by atoms with Gasteiger partial charge in [0, 0.05) is 47.7 Å². The van der Waals surface area contributed by atoms with Gasteiger partial charge in [-0.2, -0.15) is 0 Å². The summed E-state index contributed by atoms with van der Waals surface area (Å²) in [6.07, 6.45) is 5.58. The third kappa shape index (κ3) is 4.83. The summed E-state index contributed by atoms with van der Waals surface area (Å²) < 4.78 is 35.3. The van der Waals surface area contributed by atoms with E-state index in [-0.39, 0.29) is 29.0 Å². The van der Waals surface area contributed by atoms with E-state index in [1.165, 1.54) is 12.1 Å². The number of sulfonamides is 1. The maximum Gasteiger partial charge on any atom is 0.255 e. The van der Waals surface area contributed by atoms with Gasteiger partial charge in [-0.3, -0.25) is 9.20 Å². The monoisotopic (exact) mass is 482 g/mol. The van der Waals surface area contributed by atoms with E-state index in [0.29, 0.717) is 12.3 Å². The molecule has 1 amide bonds. The number of aromatic nitrogens is 2. The van der Waals surface area contributed by atoms with Crippen LogP contribution in [0.3, 0.4) is 0 Å². The SMILES string of the molecule is O=C(Nc1ccc(-c2cn3ccsc3n2)cc1)c1cccc(S(=O)(=O)NC[C@H]2CCCO2)c1. The second kappa shape index (κ2) is 9.06. The molecular formula is C23H22N4O4S2. The molecule has 1 aliphatic heterocycles. The van der Waals surface area contributed by atoms with Crippen molar-refractivity contribution in [1.29, 1.82) is 0 Å². The van der Waals surface area contributed by atoms with E-state index in [0.717, 1.165) is 29.1 Å². The number of fused-ring (bicyclic) bond motifs is 1. The molecule has 1 fully saturated rings. The first-order valence-corrected chi connectivity index (χ1v) is 12.9. The molecule has 0 unspecified atom stereocenters. The Morgan fingerprint density at radius 1 is 1.21 bits per heavy atom. The second-order valence-corrected chi connectivity index (χ2v) is 10.4. The molecule has 2 aromatic carbocycles. The number of hydrogen-bond acceptors (Lipinski definition) is 6. The van der Waals surface area contributed by atoms with Crippen molar-refractivity contribution in [3.05, 3.63) is 71.9 Å². The molecule has 0 saturated carbocycles. The molecule has 2 aromatic heterocycles. The lowest BCUT2D eigenvalue weighted by molar-refractivity contribution is 0.102. The standard InChI is InChI=1S/C23H22N4O4S2/c28-22(17-3-1-5-20(13-17)33(29,30)24-14-19-4-2-11-31-19)25-18-8-6-16(7-9-18)21-15-27-10-12-32-23(27)26-21/h1,3,5-10,12-13,15,19,24H,2,4,11,14H2,(H,25,28)/t19-/m1/s1. The van der Waals surface area contributed by atoms with Gasteiger partial charge in [-0.05, 0) is 43.2 Å². The summed E-state index contributed by atoms with van der Waals surface area (Å²) in [7, 11) is -3.74. The Bertz CT molecular complexity index is 1360. The Morgan fingerprint density at radius 3 is 2.82 bits per heavy atom. The third-order valence-corrected chi connectivity index (χ3v) is 7.66. The molecule has 1 aliphatic rings. The lowest BCUT2D eigenvalue weighted by Crippen LogP contribution is -2.32. The minimum absolute atomic E-state index is 0.0447. The number of thiazole rings is 1. The molecule has 0 aliphatic carbocycles. The van der Waals surface area contributed by atoms with E-state index in [9.17, 15) is 13.2 Å². The van der Waals surface area contributed by atoms with Crippen LogP contribution < -0.4 is 10.0 Å². The topological polar surface area (TPSA) is 102 Å². The molecule has 0 radical (unpaired) electrons. The lowest BCUT2D eigenvalue weighted by atomic mass is 10.1. The van der Waals surface area contributed by atoms with Crippen LogP contribution in [0, 0.1) is 0 Å². The molecule has 0 bridgehead atoms. The van der Waals surface area contributed by atoms with Crippen LogP contribution >= 0.6 is 11.3 Å². The number of benzene rings is 2. The molecule has 10 heteroatoms. The zero-order valence-corrected chi connectivity index (χ0v) is 19.2. The summed E-state index contributed by atoms with van der Waals surface area (Å²) in [6, 6.07) is 13.4. The summed E-state index contributed by atoms with van der Waals surface area (Å²) in [5, 5.41) is 4.79. The number of nitrogens with zero attached hydrogens (tertiary/aromatic N) is 2. The van der Waals surface area contributed by atoms with E-state index in [1.807, 2.05) is 34.3 Å². The first-order valence-electron chi connectivity index (χ1n) is 10.5. The number of rotatable bonds is 7. The van der Waals surface area contributed by atoms with Crippen LogP contribution in [-0.2, 0) is 14.8 Å². The number of anilines is 1. The van der Waals surface area contributed by atoms with Crippen LogP contribution in [-0.4, -0.2) is 43.0 Å². The van der Waals surface area contributed by atoms with Gasteiger partial charge < -0.3 is 10.1 Å². The Kier molecular flexibility index (Phi) is 5.98. The normalized spacial score (nSPS) is 16.3. The van der Waals surface area contributed by atoms with Gasteiger partial charge in [-0.15, -0.1) is 11.3 Å². The largest absolute Gasteiger partial charge is 0.377 e. The molecule has 8 nitrogen and oxygen atoms in total. The van der Waals surface area contributed by atoms with Gasteiger partial charge in [-0.1, -0.05) is 18.2 Å². The Labute approximate surface area is 195 Å². The maximum absolute atomic E-state index is 12.7. The summed E-state index contributed by atoms with van der Waals surface area (Å²) in [5.74, 6) is -0.388. The lowest BCUT2D eigenvalue weighted by Gasteiger charge is -2.12. The number of carbonyl (C=O) groups is 1. The van der Waals surface area contributed by atoms with Crippen molar-refractivity contribution in [2.75, 3.05) is 18.5 Å². The molecule has 170 valence electrons. The van der Waals surface area contributed by atoms with Crippen molar-refractivity contribution in [1.82, 2.24) is 14.1 Å². The highest BCUT2D eigenvalue weighted by atomic mass is 32.2. The number of carbonyl (C=O) groups excluding carboxylic acids is 1. The van der Waals surface area contributed by atoms with Crippen LogP contribution in [0.2, 0.25) is 0 Å². The molecule has 4 aromatic rings. The van der Waals surface area contributed by atoms with E-state index < -0.39 is 10.0 Å². The molecule has 1 saturated heterocycles. The fourth-order valence-corrected chi connectivity index (χ4v) is 5.50. The average molecular weight is 483 g/mol. The van der Waals surface area contributed by atoms with Crippen molar-refractivity contribution >= 4 is 37.9 Å². The van der Waals surface area contributed by atoms with Gasteiger partial charge in [0.25, 0.3) is 5.91 Å². The van der Waals surface area contributed by atoms with Crippen molar-refractivity contribution in [2.45, 2.75) is 23.8 Å². The first-order chi connectivity index (χ1) is 16.0.